The first-order valence-corrected chi connectivity index (χ1v) is 5.69. The summed E-state index contributed by atoms with van der Waals surface area (Å²) in [6.07, 6.45) is 1.64. The van der Waals surface area contributed by atoms with Crippen LogP contribution in [-0.4, -0.2) is 26.8 Å². The van der Waals surface area contributed by atoms with Gasteiger partial charge in [-0.2, -0.15) is 5.10 Å². The Kier molecular flexibility index (Phi) is 3.52. The predicted octanol–water partition coefficient (Wildman–Crippen LogP) is 2.02. The Balaban J connectivity index is 2.22. The number of nitrogens with one attached hydrogen (secondary N) is 1. The minimum absolute atomic E-state index is 0.0690. The molecule has 0 bridgehead atoms. The summed E-state index contributed by atoms with van der Waals surface area (Å²) in [7, 11) is 1.70. The zero-order valence-electron chi connectivity index (χ0n) is 9.92. The highest BCUT2D eigenvalue weighted by Crippen LogP contribution is 2.20. The van der Waals surface area contributed by atoms with E-state index in [-0.39, 0.29) is 16.3 Å². The van der Waals surface area contributed by atoms with Gasteiger partial charge in [0.1, 0.15) is 0 Å². The lowest BCUT2D eigenvalue weighted by atomic mass is 10.2. The van der Waals surface area contributed by atoms with Crippen molar-refractivity contribution in [3.63, 3.8) is 0 Å². The highest BCUT2D eigenvalue weighted by molar-refractivity contribution is 6.33. The van der Waals surface area contributed by atoms with Gasteiger partial charge in [0.2, 0.25) is 0 Å². The maximum absolute atomic E-state index is 11.8. The number of carbonyl (C=O) groups is 2. The number of carbonyl (C=O) groups excluding carboxylic acids is 1. The van der Waals surface area contributed by atoms with E-state index in [1.807, 2.05) is 0 Å². The van der Waals surface area contributed by atoms with Gasteiger partial charge in [0.15, 0.2) is 5.69 Å². The number of halogens is 1. The maximum atomic E-state index is 11.8. The Labute approximate surface area is 113 Å². The van der Waals surface area contributed by atoms with Crippen molar-refractivity contribution in [1.29, 1.82) is 0 Å². The summed E-state index contributed by atoms with van der Waals surface area (Å²) in [4.78, 5) is 22.7. The monoisotopic (exact) mass is 279 g/mol. The molecule has 2 rings (SSSR count). The predicted molar refractivity (Wildman–Crippen MR) is 69.6 cm³/mol. The van der Waals surface area contributed by atoms with Crippen LogP contribution in [0, 0.1) is 0 Å². The van der Waals surface area contributed by atoms with Crippen LogP contribution in [0.15, 0.2) is 30.5 Å². The molecule has 2 N–H and O–H groups in total. The van der Waals surface area contributed by atoms with Gasteiger partial charge in [-0.05, 0) is 24.3 Å². The Morgan fingerprint density at radius 1 is 1.37 bits per heavy atom. The molecule has 7 heteroatoms. The van der Waals surface area contributed by atoms with Crippen LogP contribution in [0.1, 0.15) is 20.8 Å². The van der Waals surface area contributed by atoms with Crippen LogP contribution in [-0.2, 0) is 7.05 Å². The molecule has 0 radical (unpaired) electrons. The molecule has 0 aliphatic rings. The number of aromatic carboxylic acids is 1. The van der Waals surface area contributed by atoms with Crippen LogP contribution in [0.2, 0.25) is 5.02 Å². The number of nitrogens with zero attached hydrogens (tertiary/aromatic N) is 2. The number of amides is 1. The molecule has 6 nitrogen and oxygen atoms in total. The molecule has 0 saturated heterocycles. The second-order valence-corrected chi connectivity index (χ2v) is 4.24. The molecule has 2 aromatic rings. The zero-order chi connectivity index (χ0) is 14.0. The number of benzene rings is 1. The normalized spacial score (nSPS) is 10.2. The smallest absolute Gasteiger partial charge is 0.337 e. The summed E-state index contributed by atoms with van der Waals surface area (Å²) in [5.74, 6) is -1.57. The molecule has 1 aromatic carbocycles. The molecule has 0 spiro atoms. The number of anilines is 1. The van der Waals surface area contributed by atoms with Gasteiger partial charge in [0.05, 0.1) is 10.6 Å². The quantitative estimate of drug-likeness (QED) is 0.900. The number of hydrogen-bond acceptors (Lipinski definition) is 3. The molecule has 0 atom stereocenters. The molecule has 0 aliphatic heterocycles. The molecule has 0 aliphatic carbocycles. The average Bonchev–Trinajstić information content (AvgIpc) is 2.78. The average molecular weight is 280 g/mol. The van der Waals surface area contributed by atoms with Crippen molar-refractivity contribution in [2.45, 2.75) is 0 Å². The van der Waals surface area contributed by atoms with Crippen LogP contribution in [0.25, 0.3) is 0 Å². The Bertz CT molecular complexity index is 651. The fraction of sp³-hybridized carbons (Fsp3) is 0.0833. The SMILES string of the molecule is Cn1ccc(C(=O)Nc2ccc(Cl)c(C(=O)O)c2)n1. The zero-order valence-corrected chi connectivity index (χ0v) is 10.7. The Morgan fingerprint density at radius 3 is 2.68 bits per heavy atom. The minimum atomic E-state index is -1.15. The van der Waals surface area contributed by atoms with Gasteiger partial charge >= 0.3 is 5.97 Å². The number of carboxylic acids is 1. The molecule has 1 aromatic heterocycles. The summed E-state index contributed by atoms with van der Waals surface area (Å²) in [5, 5.41) is 15.5. The first kappa shape index (κ1) is 13.1. The maximum Gasteiger partial charge on any atom is 0.337 e. The highest BCUT2D eigenvalue weighted by atomic mass is 35.5. The molecule has 98 valence electrons. The van der Waals surface area contributed by atoms with Crippen molar-refractivity contribution in [3.05, 3.63) is 46.7 Å². The molecular formula is C12H10ClN3O3. The summed E-state index contributed by atoms with van der Waals surface area (Å²) in [6.45, 7) is 0. The highest BCUT2D eigenvalue weighted by Gasteiger charge is 2.13. The third kappa shape index (κ3) is 2.92. The largest absolute Gasteiger partial charge is 0.478 e. The van der Waals surface area contributed by atoms with Crippen LogP contribution in [0.3, 0.4) is 0 Å². The van der Waals surface area contributed by atoms with Gasteiger partial charge in [-0.1, -0.05) is 11.6 Å². The first-order chi connectivity index (χ1) is 8.97. The fourth-order valence-electron chi connectivity index (χ4n) is 1.50. The van der Waals surface area contributed by atoms with E-state index < -0.39 is 11.9 Å². The molecule has 19 heavy (non-hydrogen) atoms. The van der Waals surface area contributed by atoms with Crippen molar-refractivity contribution < 1.29 is 14.7 Å². The van der Waals surface area contributed by atoms with E-state index in [2.05, 4.69) is 10.4 Å². The van der Waals surface area contributed by atoms with Crippen LogP contribution in [0.5, 0.6) is 0 Å². The molecule has 0 unspecified atom stereocenters. The molecular weight excluding hydrogens is 270 g/mol. The third-order valence-corrected chi connectivity index (χ3v) is 2.73. The Morgan fingerprint density at radius 2 is 2.11 bits per heavy atom. The lowest BCUT2D eigenvalue weighted by Crippen LogP contribution is -2.13. The van der Waals surface area contributed by atoms with Crippen LogP contribution in [0.4, 0.5) is 5.69 Å². The number of carboxylic acid groups (broad SMARTS) is 1. The number of aromatic nitrogens is 2. The lowest BCUT2D eigenvalue weighted by molar-refractivity contribution is 0.0696. The van der Waals surface area contributed by atoms with E-state index in [0.717, 1.165) is 0 Å². The Hall–Kier alpha value is -2.34. The topological polar surface area (TPSA) is 84.2 Å². The van der Waals surface area contributed by atoms with Gasteiger partial charge in [0.25, 0.3) is 5.91 Å². The van der Waals surface area contributed by atoms with E-state index in [1.54, 1.807) is 19.3 Å². The van der Waals surface area contributed by atoms with Gasteiger partial charge in [-0.3, -0.25) is 9.48 Å². The number of aryl methyl sites for hydroxylation is 1. The fourth-order valence-corrected chi connectivity index (χ4v) is 1.70. The van der Waals surface area contributed by atoms with E-state index in [1.165, 1.54) is 22.9 Å². The lowest BCUT2D eigenvalue weighted by Gasteiger charge is -2.05. The van der Waals surface area contributed by atoms with Crippen molar-refractivity contribution in [3.8, 4) is 0 Å². The second kappa shape index (κ2) is 5.11. The first-order valence-electron chi connectivity index (χ1n) is 5.31. The minimum Gasteiger partial charge on any atom is -0.478 e. The van der Waals surface area contributed by atoms with Gasteiger partial charge < -0.3 is 10.4 Å². The van der Waals surface area contributed by atoms with Gasteiger partial charge in [-0.25, -0.2) is 4.79 Å². The van der Waals surface area contributed by atoms with Crippen molar-refractivity contribution >= 4 is 29.2 Å². The van der Waals surface area contributed by atoms with Crippen molar-refractivity contribution in [2.75, 3.05) is 5.32 Å². The summed E-state index contributed by atoms with van der Waals surface area (Å²) >= 11 is 5.74. The van der Waals surface area contributed by atoms with Gasteiger partial charge in [0, 0.05) is 18.9 Å². The van der Waals surface area contributed by atoms with Gasteiger partial charge in [-0.15, -0.1) is 0 Å². The molecule has 0 fully saturated rings. The van der Waals surface area contributed by atoms with E-state index in [4.69, 9.17) is 16.7 Å². The number of rotatable bonds is 3. The summed E-state index contributed by atoms with van der Waals surface area (Å²) < 4.78 is 1.50. The molecule has 1 amide bonds. The standard InChI is InChI=1S/C12H10ClN3O3/c1-16-5-4-10(15-16)11(17)14-7-2-3-9(13)8(6-7)12(18)19/h2-6H,1H3,(H,14,17)(H,18,19). The van der Waals surface area contributed by atoms with Crippen LogP contribution >= 0.6 is 11.6 Å². The molecule has 0 saturated carbocycles. The van der Waals surface area contributed by atoms with Crippen molar-refractivity contribution in [1.82, 2.24) is 9.78 Å². The van der Waals surface area contributed by atoms with Crippen LogP contribution < -0.4 is 5.32 Å². The number of hydrogen-bond donors (Lipinski definition) is 2. The third-order valence-electron chi connectivity index (χ3n) is 2.40. The summed E-state index contributed by atoms with van der Waals surface area (Å²) in [5.41, 5.74) is 0.521. The van der Waals surface area contributed by atoms with E-state index in [9.17, 15) is 9.59 Å². The van der Waals surface area contributed by atoms with E-state index in [0.29, 0.717) is 5.69 Å². The van der Waals surface area contributed by atoms with Crippen molar-refractivity contribution in [2.24, 2.45) is 7.05 Å². The second-order valence-electron chi connectivity index (χ2n) is 3.83. The molecule has 1 heterocycles. The van der Waals surface area contributed by atoms with E-state index >= 15 is 0 Å². The summed E-state index contributed by atoms with van der Waals surface area (Å²) in [6, 6.07) is 5.80.